The molecule has 15 heavy (non-hydrogen) atoms. The fourth-order valence-corrected chi connectivity index (χ4v) is 1.59. The molecule has 0 atom stereocenters. The van der Waals surface area contributed by atoms with E-state index in [1.165, 1.54) is 0 Å². The molecule has 0 aliphatic heterocycles. The van der Waals surface area contributed by atoms with Gasteiger partial charge in [0, 0.05) is 13.0 Å². The van der Waals surface area contributed by atoms with Crippen molar-refractivity contribution in [2.75, 3.05) is 0 Å². The van der Waals surface area contributed by atoms with Crippen molar-refractivity contribution in [3.63, 3.8) is 0 Å². The van der Waals surface area contributed by atoms with E-state index in [-0.39, 0.29) is 0 Å². The van der Waals surface area contributed by atoms with Crippen LogP contribution >= 0.6 is 0 Å². The van der Waals surface area contributed by atoms with Crippen LogP contribution in [-0.4, -0.2) is 9.55 Å². The number of hydrogen-bond acceptors (Lipinski definition) is 2. The van der Waals surface area contributed by atoms with Crippen LogP contribution in [0.1, 0.15) is 37.0 Å². The zero-order valence-electron chi connectivity index (χ0n) is 9.45. The minimum Gasteiger partial charge on any atom is -0.327 e. The normalized spacial score (nSPS) is 9.93. The molecule has 0 aliphatic carbocycles. The summed E-state index contributed by atoms with van der Waals surface area (Å²) in [5, 5.41) is 8.90. The molecule has 3 heteroatoms. The predicted molar refractivity (Wildman–Crippen MR) is 60.5 cm³/mol. The Kier molecular flexibility index (Phi) is 4.11. The van der Waals surface area contributed by atoms with Crippen LogP contribution < -0.4 is 0 Å². The molecule has 0 unspecified atom stereocenters. The first-order valence-electron chi connectivity index (χ1n) is 5.31. The Bertz CT molecular complexity index is 382. The maximum Gasteiger partial charge on any atom is 0.161 e. The minimum absolute atomic E-state index is 0.544. The fraction of sp³-hybridized carbons (Fsp3) is 0.500. The van der Waals surface area contributed by atoms with Gasteiger partial charge in [-0.2, -0.15) is 5.26 Å². The third-order valence-electron chi connectivity index (χ3n) is 2.47. The standard InChI is InChI=1S/C12H17N3/c1-4-6-7-12-14-11(9-13)10(3)15(12)8-5-2/h5H,2,4,6-8H2,1,3H3. The zero-order chi connectivity index (χ0) is 11.3. The zero-order valence-corrected chi connectivity index (χ0v) is 9.45. The average Bonchev–Trinajstić information content (AvgIpc) is 2.54. The average molecular weight is 203 g/mol. The highest BCUT2D eigenvalue weighted by Crippen LogP contribution is 2.12. The number of rotatable bonds is 5. The van der Waals surface area contributed by atoms with Gasteiger partial charge in [0.15, 0.2) is 5.69 Å². The van der Waals surface area contributed by atoms with E-state index < -0.39 is 0 Å². The topological polar surface area (TPSA) is 41.6 Å². The number of unbranched alkanes of at least 4 members (excludes halogenated alkanes) is 1. The molecule has 0 spiro atoms. The molecule has 1 aromatic heterocycles. The second-order valence-electron chi connectivity index (χ2n) is 3.58. The Hall–Kier alpha value is -1.56. The van der Waals surface area contributed by atoms with Gasteiger partial charge in [0.05, 0.1) is 5.69 Å². The van der Waals surface area contributed by atoms with E-state index in [1.54, 1.807) is 0 Å². The van der Waals surface area contributed by atoms with Crippen LogP contribution in [0.4, 0.5) is 0 Å². The molecule has 0 saturated carbocycles. The molecular weight excluding hydrogens is 186 g/mol. The lowest BCUT2D eigenvalue weighted by Crippen LogP contribution is -2.04. The number of aromatic nitrogens is 2. The highest BCUT2D eigenvalue weighted by atomic mass is 15.1. The van der Waals surface area contributed by atoms with Crippen LogP contribution in [0, 0.1) is 18.3 Å². The van der Waals surface area contributed by atoms with Crippen LogP contribution in [-0.2, 0) is 13.0 Å². The molecule has 0 saturated heterocycles. The lowest BCUT2D eigenvalue weighted by atomic mass is 10.2. The van der Waals surface area contributed by atoms with Crippen molar-refractivity contribution in [2.45, 2.75) is 39.7 Å². The summed E-state index contributed by atoms with van der Waals surface area (Å²) in [4.78, 5) is 4.34. The van der Waals surface area contributed by atoms with E-state index in [4.69, 9.17) is 5.26 Å². The van der Waals surface area contributed by atoms with E-state index in [9.17, 15) is 0 Å². The summed E-state index contributed by atoms with van der Waals surface area (Å²) in [6, 6.07) is 2.12. The molecule has 0 N–H and O–H groups in total. The largest absolute Gasteiger partial charge is 0.327 e. The number of nitrogens with zero attached hydrogens (tertiary/aromatic N) is 3. The molecule has 1 heterocycles. The van der Waals surface area contributed by atoms with E-state index >= 15 is 0 Å². The lowest BCUT2D eigenvalue weighted by Gasteiger charge is -2.06. The van der Waals surface area contributed by atoms with E-state index in [0.717, 1.165) is 37.3 Å². The molecule has 0 fully saturated rings. The van der Waals surface area contributed by atoms with E-state index in [0.29, 0.717) is 5.69 Å². The smallest absolute Gasteiger partial charge is 0.161 e. The minimum atomic E-state index is 0.544. The summed E-state index contributed by atoms with van der Waals surface area (Å²) in [5.41, 5.74) is 1.49. The quantitative estimate of drug-likeness (QED) is 0.690. The van der Waals surface area contributed by atoms with Gasteiger partial charge in [-0.25, -0.2) is 4.98 Å². The van der Waals surface area contributed by atoms with Crippen molar-refractivity contribution in [1.82, 2.24) is 9.55 Å². The third-order valence-corrected chi connectivity index (χ3v) is 2.47. The SMILES string of the molecule is C=CCn1c(CCCC)nc(C#N)c1C. The van der Waals surface area contributed by atoms with Crippen LogP contribution in [0.2, 0.25) is 0 Å². The molecule has 0 amide bonds. The molecule has 80 valence electrons. The maximum atomic E-state index is 8.90. The Morgan fingerprint density at radius 3 is 2.87 bits per heavy atom. The van der Waals surface area contributed by atoms with Gasteiger partial charge in [0.1, 0.15) is 11.9 Å². The number of aryl methyl sites for hydroxylation is 1. The Morgan fingerprint density at radius 1 is 1.60 bits per heavy atom. The summed E-state index contributed by atoms with van der Waals surface area (Å²) < 4.78 is 2.07. The number of hydrogen-bond donors (Lipinski definition) is 0. The second kappa shape index (κ2) is 5.35. The van der Waals surface area contributed by atoms with Crippen LogP contribution in [0.25, 0.3) is 0 Å². The summed E-state index contributed by atoms with van der Waals surface area (Å²) >= 11 is 0. The first-order chi connectivity index (χ1) is 7.24. The maximum absolute atomic E-state index is 8.90. The fourth-order valence-electron chi connectivity index (χ4n) is 1.59. The lowest BCUT2D eigenvalue weighted by molar-refractivity contribution is 0.675. The first kappa shape index (κ1) is 11.5. The summed E-state index contributed by atoms with van der Waals surface area (Å²) in [6.45, 7) is 8.54. The van der Waals surface area contributed by atoms with Gasteiger partial charge in [0.2, 0.25) is 0 Å². The van der Waals surface area contributed by atoms with Gasteiger partial charge < -0.3 is 4.57 Å². The van der Waals surface area contributed by atoms with Gasteiger partial charge >= 0.3 is 0 Å². The van der Waals surface area contributed by atoms with Gasteiger partial charge in [-0.3, -0.25) is 0 Å². The highest BCUT2D eigenvalue weighted by molar-refractivity contribution is 5.28. The predicted octanol–water partition coefficient (Wildman–Crippen LogP) is 2.59. The molecule has 1 aromatic rings. The van der Waals surface area contributed by atoms with Crippen molar-refractivity contribution in [1.29, 1.82) is 5.26 Å². The second-order valence-corrected chi connectivity index (χ2v) is 3.58. The van der Waals surface area contributed by atoms with Crippen molar-refractivity contribution < 1.29 is 0 Å². The molecule has 0 radical (unpaired) electrons. The van der Waals surface area contributed by atoms with Gasteiger partial charge in [-0.1, -0.05) is 19.4 Å². The van der Waals surface area contributed by atoms with Crippen LogP contribution in [0.5, 0.6) is 0 Å². The molecule has 3 nitrogen and oxygen atoms in total. The van der Waals surface area contributed by atoms with E-state index in [2.05, 4.69) is 29.1 Å². The summed E-state index contributed by atoms with van der Waals surface area (Å²) in [7, 11) is 0. The van der Waals surface area contributed by atoms with Crippen LogP contribution in [0.15, 0.2) is 12.7 Å². The van der Waals surface area contributed by atoms with E-state index in [1.807, 2.05) is 13.0 Å². The van der Waals surface area contributed by atoms with Gasteiger partial charge in [-0.05, 0) is 13.3 Å². The third kappa shape index (κ3) is 2.47. The van der Waals surface area contributed by atoms with Gasteiger partial charge in [0.25, 0.3) is 0 Å². The number of allylic oxidation sites excluding steroid dienone is 1. The summed E-state index contributed by atoms with van der Waals surface area (Å²) in [6.07, 6.45) is 5.03. The Labute approximate surface area is 91.1 Å². The van der Waals surface area contributed by atoms with Crippen molar-refractivity contribution in [3.05, 3.63) is 29.9 Å². The van der Waals surface area contributed by atoms with Gasteiger partial charge in [-0.15, -0.1) is 6.58 Å². The molecule has 1 rings (SSSR count). The Morgan fingerprint density at radius 2 is 2.33 bits per heavy atom. The monoisotopic (exact) mass is 203 g/mol. The van der Waals surface area contributed by atoms with Crippen molar-refractivity contribution in [3.8, 4) is 6.07 Å². The summed E-state index contributed by atoms with van der Waals surface area (Å²) in [5.74, 6) is 1.01. The molecule has 0 bridgehead atoms. The number of imidazole rings is 1. The molecular formula is C12H17N3. The molecule has 0 aliphatic rings. The van der Waals surface area contributed by atoms with Crippen molar-refractivity contribution in [2.24, 2.45) is 0 Å². The van der Waals surface area contributed by atoms with Crippen LogP contribution in [0.3, 0.4) is 0 Å². The van der Waals surface area contributed by atoms with Crippen molar-refractivity contribution >= 4 is 0 Å². The molecule has 0 aromatic carbocycles. The number of nitriles is 1. The Balaban J connectivity index is 3.02. The first-order valence-corrected chi connectivity index (χ1v) is 5.31. The highest BCUT2D eigenvalue weighted by Gasteiger charge is 2.11.